The van der Waals surface area contributed by atoms with Crippen molar-refractivity contribution in [2.75, 3.05) is 7.05 Å². The zero-order valence-corrected chi connectivity index (χ0v) is 11.5. The number of fused-ring (bicyclic) bond motifs is 5. The van der Waals surface area contributed by atoms with Crippen molar-refractivity contribution >= 4 is 5.91 Å². The summed E-state index contributed by atoms with van der Waals surface area (Å²) in [6.45, 7) is 0. The van der Waals surface area contributed by atoms with Crippen molar-refractivity contribution < 1.29 is 4.79 Å². The van der Waals surface area contributed by atoms with Gasteiger partial charge in [-0.1, -0.05) is 19.3 Å². The van der Waals surface area contributed by atoms with E-state index in [1.54, 1.807) is 0 Å². The number of carbonyl (C=O) groups excluding carboxylic acids is 1. The first-order chi connectivity index (χ1) is 8.77. The van der Waals surface area contributed by atoms with Gasteiger partial charge in [0.2, 0.25) is 5.91 Å². The minimum atomic E-state index is 0.447. The molecular formula is C16H25NO. The van der Waals surface area contributed by atoms with Gasteiger partial charge in [-0.25, -0.2) is 0 Å². The van der Waals surface area contributed by atoms with Crippen LogP contribution in [0.2, 0.25) is 0 Å². The zero-order chi connectivity index (χ0) is 12.3. The third kappa shape index (κ3) is 1.50. The predicted octanol–water partition coefficient (Wildman–Crippen LogP) is 3.07. The normalized spacial score (nSPS) is 45.9. The molecule has 4 saturated carbocycles. The molecule has 1 unspecified atom stereocenters. The van der Waals surface area contributed by atoms with Gasteiger partial charge >= 0.3 is 0 Å². The molecule has 0 saturated heterocycles. The summed E-state index contributed by atoms with van der Waals surface area (Å²) in [6, 6.07) is 0.560. The molecule has 0 spiro atoms. The zero-order valence-electron chi connectivity index (χ0n) is 11.5. The Morgan fingerprint density at radius 3 is 2.17 bits per heavy atom. The van der Waals surface area contributed by atoms with E-state index in [1.165, 1.54) is 51.4 Å². The molecule has 0 heterocycles. The van der Waals surface area contributed by atoms with E-state index < -0.39 is 0 Å². The molecule has 4 aliphatic rings. The molecule has 100 valence electrons. The topological polar surface area (TPSA) is 20.3 Å². The summed E-state index contributed by atoms with van der Waals surface area (Å²) >= 11 is 0. The van der Waals surface area contributed by atoms with Crippen LogP contribution in [0.5, 0.6) is 0 Å². The molecule has 2 nitrogen and oxygen atoms in total. The molecule has 4 rings (SSSR count). The van der Waals surface area contributed by atoms with Crippen LogP contribution in [-0.4, -0.2) is 23.9 Å². The van der Waals surface area contributed by atoms with Crippen LogP contribution in [0.4, 0.5) is 0 Å². The molecule has 4 aliphatic carbocycles. The van der Waals surface area contributed by atoms with E-state index in [4.69, 9.17) is 0 Å². The van der Waals surface area contributed by atoms with Crippen molar-refractivity contribution in [2.45, 2.75) is 57.4 Å². The average molecular weight is 247 g/mol. The van der Waals surface area contributed by atoms with Crippen LogP contribution in [0.3, 0.4) is 0 Å². The van der Waals surface area contributed by atoms with Crippen LogP contribution in [0, 0.1) is 29.6 Å². The van der Waals surface area contributed by atoms with Crippen LogP contribution in [-0.2, 0) is 4.79 Å². The van der Waals surface area contributed by atoms with Gasteiger partial charge in [-0.15, -0.1) is 0 Å². The van der Waals surface area contributed by atoms with Crippen LogP contribution in [0.25, 0.3) is 0 Å². The highest BCUT2D eigenvalue weighted by Crippen LogP contribution is 2.69. The van der Waals surface area contributed by atoms with Crippen molar-refractivity contribution in [2.24, 2.45) is 29.6 Å². The second-order valence-electron chi connectivity index (χ2n) is 7.25. The second kappa shape index (κ2) is 3.98. The highest BCUT2D eigenvalue weighted by atomic mass is 16.2. The molecule has 0 aromatic heterocycles. The summed E-state index contributed by atoms with van der Waals surface area (Å²) in [5, 5.41) is 0. The van der Waals surface area contributed by atoms with Gasteiger partial charge in [-0.3, -0.25) is 4.79 Å². The smallest absolute Gasteiger partial charge is 0.226 e. The highest BCUT2D eigenvalue weighted by molar-refractivity contribution is 5.83. The Morgan fingerprint density at radius 2 is 1.56 bits per heavy atom. The van der Waals surface area contributed by atoms with E-state index in [9.17, 15) is 4.79 Å². The standard InChI is InChI=1S/C16H25NO/c1-17(12-5-3-2-4-6-12)16(18)15-13-10-7-8-11(9-10)14(13)15/h10-15H,2-9H2,1H3/t10-,11-,13-,14+,15?/m0/s1. The summed E-state index contributed by atoms with van der Waals surface area (Å²) in [7, 11) is 2.08. The number of carbonyl (C=O) groups is 1. The van der Waals surface area contributed by atoms with Crippen LogP contribution in [0.15, 0.2) is 0 Å². The van der Waals surface area contributed by atoms with Crippen LogP contribution < -0.4 is 0 Å². The Labute approximate surface area is 110 Å². The Morgan fingerprint density at radius 1 is 0.944 bits per heavy atom. The Bertz CT molecular complexity index is 344. The van der Waals surface area contributed by atoms with Crippen molar-refractivity contribution in [1.82, 2.24) is 4.90 Å². The SMILES string of the molecule is CN(C(=O)C1[C@@H]2[C@H]3CC[C@@H](C3)[C@H]12)C1CCCCC1. The summed E-state index contributed by atoms with van der Waals surface area (Å²) in [5.74, 6) is 4.42. The molecule has 2 heteroatoms. The summed E-state index contributed by atoms with van der Waals surface area (Å²) < 4.78 is 0. The van der Waals surface area contributed by atoms with E-state index in [2.05, 4.69) is 11.9 Å². The number of nitrogens with zero attached hydrogens (tertiary/aromatic N) is 1. The maximum atomic E-state index is 12.7. The van der Waals surface area contributed by atoms with Gasteiger partial charge in [0.25, 0.3) is 0 Å². The van der Waals surface area contributed by atoms with E-state index >= 15 is 0 Å². The van der Waals surface area contributed by atoms with E-state index in [0.29, 0.717) is 17.9 Å². The number of hydrogen-bond donors (Lipinski definition) is 0. The van der Waals surface area contributed by atoms with Gasteiger partial charge in [0, 0.05) is 19.0 Å². The van der Waals surface area contributed by atoms with Crippen LogP contribution >= 0.6 is 0 Å². The lowest BCUT2D eigenvalue weighted by atomic mass is 9.93. The minimum Gasteiger partial charge on any atom is -0.343 e. The van der Waals surface area contributed by atoms with Crippen LogP contribution in [0.1, 0.15) is 51.4 Å². The minimum absolute atomic E-state index is 0.447. The number of hydrogen-bond acceptors (Lipinski definition) is 1. The Kier molecular flexibility index (Phi) is 2.50. The summed E-state index contributed by atoms with van der Waals surface area (Å²) in [4.78, 5) is 14.8. The van der Waals surface area contributed by atoms with E-state index in [-0.39, 0.29) is 0 Å². The first-order valence-corrected chi connectivity index (χ1v) is 8.04. The fraction of sp³-hybridized carbons (Fsp3) is 0.938. The maximum absolute atomic E-state index is 12.7. The fourth-order valence-corrected chi connectivity index (χ4v) is 5.54. The van der Waals surface area contributed by atoms with Gasteiger partial charge in [-0.05, 0) is 55.8 Å². The second-order valence-corrected chi connectivity index (χ2v) is 7.25. The van der Waals surface area contributed by atoms with Crippen molar-refractivity contribution in [3.8, 4) is 0 Å². The first-order valence-electron chi connectivity index (χ1n) is 8.04. The van der Waals surface area contributed by atoms with Crippen molar-refractivity contribution in [1.29, 1.82) is 0 Å². The molecule has 1 amide bonds. The Balaban J connectivity index is 1.42. The highest BCUT2D eigenvalue weighted by Gasteiger charge is 2.67. The van der Waals surface area contributed by atoms with Crippen molar-refractivity contribution in [3.05, 3.63) is 0 Å². The molecule has 0 aliphatic heterocycles. The van der Waals surface area contributed by atoms with E-state index in [0.717, 1.165) is 23.7 Å². The largest absolute Gasteiger partial charge is 0.343 e. The third-order valence-electron chi connectivity index (χ3n) is 6.49. The van der Waals surface area contributed by atoms with Gasteiger partial charge in [0.05, 0.1) is 0 Å². The third-order valence-corrected chi connectivity index (χ3v) is 6.49. The quantitative estimate of drug-likeness (QED) is 0.734. The molecule has 18 heavy (non-hydrogen) atoms. The monoisotopic (exact) mass is 247 g/mol. The summed E-state index contributed by atoms with van der Waals surface area (Å²) in [5.41, 5.74) is 0. The lowest BCUT2D eigenvalue weighted by Crippen LogP contribution is -2.40. The van der Waals surface area contributed by atoms with E-state index in [1.807, 2.05) is 0 Å². The predicted molar refractivity (Wildman–Crippen MR) is 70.9 cm³/mol. The molecular weight excluding hydrogens is 222 g/mol. The number of amides is 1. The lowest BCUT2D eigenvalue weighted by molar-refractivity contribution is -0.135. The van der Waals surface area contributed by atoms with Gasteiger partial charge < -0.3 is 4.90 Å². The molecule has 0 N–H and O–H groups in total. The maximum Gasteiger partial charge on any atom is 0.226 e. The fourth-order valence-electron chi connectivity index (χ4n) is 5.54. The Hall–Kier alpha value is -0.530. The molecule has 0 aromatic rings. The summed E-state index contributed by atoms with van der Waals surface area (Å²) in [6.07, 6.45) is 10.8. The van der Waals surface area contributed by atoms with Gasteiger partial charge in [0.1, 0.15) is 0 Å². The molecule has 0 radical (unpaired) electrons. The van der Waals surface area contributed by atoms with Gasteiger partial charge in [0.15, 0.2) is 0 Å². The molecule has 5 atom stereocenters. The average Bonchev–Trinajstić information content (AvgIpc) is 2.85. The number of rotatable bonds is 2. The molecule has 2 bridgehead atoms. The van der Waals surface area contributed by atoms with Gasteiger partial charge in [-0.2, -0.15) is 0 Å². The first kappa shape index (κ1) is 11.3. The molecule has 4 fully saturated rings. The van der Waals surface area contributed by atoms with Crippen molar-refractivity contribution in [3.63, 3.8) is 0 Å². The molecule has 0 aromatic carbocycles. The lowest BCUT2D eigenvalue weighted by Gasteiger charge is -2.32.